The second-order valence-electron chi connectivity index (χ2n) is 3.46. The van der Waals surface area contributed by atoms with E-state index >= 15 is 0 Å². The van der Waals surface area contributed by atoms with E-state index in [0.29, 0.717) is 16.3 Å². The van der Waals surface area contributed by atoms with Gasteiger partial charge in [0.2, 0.25) is 4.96 Å². The van der Waals surface area contributed by atoms with Crippen molar-refractivity contribution in [2.75, 3.05) is 0 Å². The number of aromatic nitrogens is 4. The molecule has 7 heteroatoms. The largest absolute Gasteiger partial charge is 0.234 e. The lowest BCUT2D eigenvalue weighted by molar-refractivity contribution is 0.628. The normalized spacial score (nSPS) is 11.2. The first-order valence-corrected chi connectivity index (χ1v) is 6.40. The SMILES string of the molecule is Cc1nn2c(-c3cc(Br)ccc3F)nnc2s1. The van der Waals surface area contributed by atoms with Crippen LogP contribution in [0.3, 0.4) is 0 Å². The van der Waals surface area contributed by atoms with Crippen molar-refractivity contribution in [3.05, 3.63) is 33.5 Å². The van der Waals surface area contributed by atoms with Gasteiger partial charge in [0.25, 0.3) is 0 Å². The maximum Gasteiger partial charge on any atom is 0.234 e. The van der Waals surface area contributed by atoms with Gasteiger partial charge in [0.1, 0.15) is 10.8 Å². The maximum atomic E-state index is 13.7. The summed E-state index contributed by atoms with van der Waals surface area (Å²) in [4.78, 5) is 0.664. The molecule has 0 aliphatic carbocycles. The van der Waals surface area contributed by atoms with Gasteiger partial charge in [0, 0.05) is 4.47 Å². The Bertz CT molecular complexity index is 705. The van der Waals surface area contributed by atoms with E-state index in [2.05, 4.69) is 31.2 Å². The van der Waals surface area contributed by atoms with Gasteiger partial charge in [-0.25, -0.2) is 4.39 Å². The van der Waals surface area contributed by atoms with Gasteiger partial charge in [0.05, 0.1) is 5.56 Å². The first-order chi connectivity index (χ1) is 8.15. The van der Waals surface area contributed by atoms with Crippen molar-refractivity contribution >= 4 is 32.2 Å². The van der Waals surface area contributed by atoms with Crippen molar-refractivity contribution in [1.82, 2.24) is 19.8 Å². The van der Waals surface area contributed by atoms with Gasteiger partial charge >= 0.3 is 0 Å². The smallest absolute Gasteiger partial charge is 0.206 e. The molecule has 86 valence electrons. The van der Waals surface area contributed by atoms with Gasteiger partial charge in [-0.1, -0.05) is 27.3 Å². The van der Waals surface area contributed by atoms with Crippen LogP contribution in [-0.4, -0.2) is 19.8 Å². The molecule has 17 heavy (non-hydrogen) atoms. The molecule has 0 radical (unpaired) electrons. The quantitative estimate of drug-likeness (QED) is 0.693. The summed E-state index contributed by atoms with van der Waals surface area (Å²) in [7, 11) is 0. The molecule has 0 spiro atoms. The minimum atomic E-state index is -0.340. The van der Waals surface area contributed by atoms with Gasteiger partial charge in [-0.3, -0.25) is 0 Å². The molecule has 0 aliphatic rings. The van der Waals surface area contributed by atoms with Crippen LogP contribution >= 0.6 is 27.3 Å². The molecule has 2 heterocycles. The third-order valence-corrected chi connectivity index (χ3v) is 3.57. The number of rotatable bonds is 1. The monoisotopic (exact) mass is 312 g/mol. The molecule has 3 rings (SSSR count). The standard InChI is InChI=1S/C10H6BrFN4S/c1-5-15-16-9(13-14-10(16)17-5)7-4-6(11)2-3-8(7)12/h2-4H,1H3. The summed E-state index contributed by atoms with van der Waals surface area (Å²) < 4.78 is 16.1. The summed E-state index contributed by atoms with van der Waals surface area (Å²) in [5.74, 6) is 0.0799. The van der Waals surface area contributed by atoms with Crippen molar-refractivity contribution < 1.29 is 4.39 Å². The molecule has 4 nitrogen and oxygen atoms in total. The van der Waals surface area contributed by atoms with Crippen LogP contribution in [0.25, 0.3) is 16.3 Å². The summed E-state index contributed by atoms with van der Waals surface area (Å²) in [6, 6.07) is 4.70. The van der Waals surface area contributed by atoms with Gasteiger partial charge in [-0.2, -0.15) is 9.61 Å². The lowest BCUT2D eigenvalue weighted by Crippen LogP contribution is -1.93. The van der Waals surface area contributed by atoms with Crippen LogP contribution in [0, 0.1) is 12.7 Å². The molecule has 0 aliphatic heterocycles. The van der Waals surface area contributed by atoms with E-state index in [1.165, 1.54) is 17.4 Å². The number of benzene rings is 1. The van der Waals surface area contributed by atoms with Crippen LogP contribution in [-0.2, 0) is 0 Å². The Balaban J connectivity index is 2.29. The Kier molecular flexibility index (Phi) is 2.44. The van der Waals surface area contributed by atoms with E-state index in [-0.39, 0.29) is 5.82 Å². The molecule has 3 aromatic rings. The van der Waals surface area contributed by atoms with Crippen molar-refractivity contribution in [3.8, 4) is 11.4 Å². The first kappa shape index (κ1) is 10.8. The second kappa shape index (κ2) is 3.85. The fourth-order valence-electron chi connectivity index (χ4n) is 1.55. The Hall–Kier alpha value is -1.34. The summed E-state index contributed by atoms with van der Waals surface area (Å²) in [5, 5.41) is 13.1. The lowest BCUT2D eigenvalue weighted by Gasteiger charge is -2.00. The highest BCUT2D eigenvalue weighted by Gasteiger charge is 2.15. The summed E-state index contributed by atoms with van der Waals surface area (Å²) in [6.45, 7) is 1.88. The molecule has 0 N–H and O–H groups in total. The number of halogens is 2. The zero-order valence-electron chi connectivity index (χ0n) is 8.69. The van der Waals surface area contributed by atoms with Crippen LogP contribution < -0.4 is 0 Å². The van der Waals surface area contributed by atoms with E-state index in [4.69, 9.17) is 0 Å². The Morgan fingerprint density at radius 3 is 3.00 bits per heavy atom. The van der Waals surface area contributed by atoms with Gasteiger partial charge in [-0.15, -0.1) is 10.2 Å². The number of nitrogens with zero attached hydrogens (tertiary/aromatic N) is 4. The zero-order chi connectivity index (χ0) is 12.0. The van der Waals surface area contributed by atoms with Crippen LogP contribution in [0.4, 0.5) is 4.39 Å². The molecule has 1 aromatic carbocycles. The molecule has 0 amide bonds. The molecule has 0 bridgehead atoms. The van der Waals surface area contributed by atoms with Crippen molar-refractivity contribution in [1.29, 1.82) is 0 Å². The highest BCUT2D eigenvalue weighted by atomic mass is 79.9. The third kappa shape index (κ3) is 1.75. The molecule has 0 saturated carbocycles. The predicted molar refractivity (Wildman–Crippen MR) is 66.5 cm³/mol. The highest BCUT2D eigenvalue weighted by molar-refractivity contribution is 9.10. The average Bonchev–Trinajstić information content (AvgIpc) is 2.80. The Morgan fingerprint density at radius 2 is 2.18 bits per heavy atom. The molecule has 2 aromatic heterocycles. The van der Waals surface area contributed by atoms with Crippen LogP contribution in [0.2, 0.25) is 0 Å². The fraction of sp³-hybridized carbons (Fsp3) is 0.100. The topological polar surface area (TPSA) is 43.1 Å². The fourth-order valence-corrected chi connectivity index (χ4v) is 2.59. The van der Waals surface area contributed by atoms with Crippen molar-refractivity contribution in [2.24, 2.45) is 0 Å². The van der Waals surface area contributed by atoms with E-state index in [0.717, 1.165) is 9.48 Å². The van der Waals surface area contributed by atoms with E-state index in [9.17, 15) is 4.39 Å². The number of hydrogen-bond acceptors (Lipinski definition) is 4. The average molecular weight is 313 g/mol. The summed E-state index contributed by atoms with van der Waals surface area (Å²) >= 11 is 4.73. The van der Waals surface area contributed by atoms with E-state index in [1.54, 1.807) is 16.6 Å². The molecular weight excluding hydrogens is 307 g/mol. The van der Waals surface area contributed by atoms with E-state index in [1.807, 2.05) is 6.92 Å². The van der Waals surface area contributed by atoms with Crippen molar-refractivity contribution in [2.45, 2.75) is 6.92 Å². The second-order valence-corrected chi connectivity index (χ2v) is 5.54. The Morgan fingerprint density at radius 1 is 1.35 bits per heavy atom. The first-order valence-electron chi connectivity index (χ1n) is 4.79. The zero-order valence-corrected chi connectivity index (χ0v) is 11.1. The van der Waals surface area contributed by atoms with Crippen LogP contribution in [0.1, 0.15) is 5.01 Å². The molecule has 0 unspecified atom stereocenters. The minimum Gasteiger partial charge on any atom is -0.206 e. The predicted octanol–water partition coefficient (Wildman–Crippen LogP) is 3.06. The molecule has 0 fully saturated rings. The molecule has 0 atom stereocenters. The summed E-state index contributed by atoms with van der Waals surface area (Å²) in [5.41, 5.74) is 0.386. The molecule has 0 saturated heterocycles. The number of fused-ring (bicyclic) bond motifs is 1. The van der Waals surface area contributed by atoms with Crippen molar-refractivity contribution in [3.63, 3.8) is 0 Å². The van der Waals surface area contributed by atoms with Gasteiger partial charge in [-0.05, 0) is 25.1 Å². The number of aryl methyl sites for hydroxylation is 1. The van der Waals surface area contributed by atoms with E-state index < -0.39 is 0 Å². The minimum absolute atomic E-state index is 0.340. The maximum absolute atomic E-state index is 13.7. The third-order valence-electron chi connectivity index (χ3n) is 2.26. The van der Waals surface area contributed by atoms with Gasteiger partial charge in [0.15, 0.2) is 5.82 Å². The van der Waals surface area contributed by atoms with Crippen LogP contribution in [0.15, 0.2) is 22.7 Å². The Labute approximate surface area is 108 Å². The number of hydrogen-bond donors (Lipinski definition) is 0. The summed E-state index contributed by atoms with van der Waals surface area (Å²) in [6.07, 6.45) is 0. The highest BCUT2D eigenvalue weighted by Crippen LogP contribution is 2.26. The van der Waals surface area contributed by atoms with Crippen LogP contribution in [0.5, 0.6) is 0 Å². The lowest BCUT2D eigenvalue weighted by atomic mass is 10.2. The molecular formula is C10H6BrFN4S. The van der Waals surface area contributed by atoms with Gasteiger partial charge < -0.3 is 0 Å².